The molecule has 3 heterocycles. The molecule has 0 amide bonds. The molecule has 0 aliphatic rings. The van der Waals surface area contributed by atoms with E-state index >= 15 is 8.78 Å². The van der Waals surface area contributed by atoms with Gasteiger partial charge in [0.05, 0.1) is 23.3 Å². The van der Waals surface area contributed by atoms with E-state index in [1.165, 1.54) is 12.3 Å². The van der Waals surface area contributed by atoms with Gasteiger partial charge in [0.1, 0.15) is 29.9 Å². The van der Waals surface area contributed by atoms with Crippen molar-refractivity contribution in [3.05, 3.63) is 83.9 Å². The quantitative estimate of drug-likeness (QED) is 0.0525. The van der Waals surface area contributed by atoms with Crippen LogP contribution >= 0.6 is 12.2 Å². The number of hydrogen-bond acceptors (Lipinski definition) is 8. The number of halogens is 2. The third-order valence-corrected chi connectivity index (χ3v) is 10.2. The van der Waals surface area contributed by atoms with Gasteiger partial charge < -0.3 is 34.5 Å². The first-order chi connectivity index (χ1) is 25.2. The van der Waals surface area contributed by atoms with E-state index < -0.39 is 25.5 Å². The van der Waals surface area contributed by atoms with Gasteiger partial charge in [-0.15, -0.1) is 0 Å². The van der Waals surface area contributed by atoms with Crippen molar-refractivity contribution in [3.8, 4) is 34.4 Å². The van der Waals surface area contributed by atoms with Gasteiger partial charge in [0.25, 0.3) is 0 Å². The normalized spacial score (nSPS) is 12.2. The molecule has 0 saturated heterocycles. The van der Waals surface area contributed by atoms with E-state index in [0.29, 0.717) is 53.0 Å². The van der Waals surface area contributed by atoms with Crippen LogP contribution in [0.25, 0.3) is 22.2 Å². The number of anilines is 1. The van der Waals surface area contributed by atoms with Crippen LogP contribution in [0.1, 0.15) is 25.0 Å². The largest absolute Gasteiger partial charge is 0.490 e. The molecule has 11 nitrogen and oxygen atoms in total. The van der Waals surface area contributed by atoms with Crippen molar-refractivity contribution in [1.82, 2.24) is 24.6 Å². The highest BCUT2D eigenvalue weighted by molar-refractivity contribution is 7.80. The second kappa shape index (κ2) is 17.3. The van der Waals surface area contributed by atoms with Crippen molar-refractivity contribution in [2.45, 2.75) is 58.8 Å². The lowest BCUT2D eigenvalue weighted by molar-refractivity contribution is 0.0899. The van der Waals surface area contributed by atoms with Crippen molar-refractivity contribution in [1.29, 1.82) is 5.26 Å². The number of nitrogens with zero attached hydrogens (tertiary/aromatic N) is 5. The molecule has 2 aromatic carbocycles. The molecule has 15 heteroatoms. The molecule has 0 unspecified atom stereocenters. The molecule has 0 radical (unpaired) electrons. The van der Waals surface area contributed by atoms with Gasteiger partial charge in [-0.2, -0.15) is 10.4 Å². The maximum absolute atomic E-state index is 15.6. The summed E-state index contributed by atoms with van der Waals surface area (Å²) in [6, 6.07) is 12.2. The second-order valence-corrected chi connectivity index (χ2v) is 20.4. The van der Waals surface area contributed by atoms with E-state index in [4.69, 9.17) is 26.4 Å². The summed E-state index contributed by atoms with van der Waals surface area (Å²) in [5.74, 6) is -2.07. The summed E-state index contributed by atoms with van der Waals surface area (Å²) >= 11 is 5.37. The zero-order chi connectivity index (χ0) is 38.3. The van der Waals surface area contributed by atoms with Gasteiger partial charge in [0, 0.05) is 82.8 Å². The molecule has 0 aliphatic carbocycles. The molecule has 53 heavy (non-hydrogen) atoms. The zero-order valence-electron chi connectivity index (χ0n) is 30.7. The summed E-state index contributed by atoms with van der Waals surface area (Å²) in [6.45, 7) is 11.6. The topological polar surface area (TPSA) is 131 Å². The highest BCUT2D eigenvalue weighted by Crippen LogP contribution is 2.41. The van der Waals surface area contributed by atoms with E-state index in [-0.39, 0.29) is 41.9 Å². The lowest BCUT2D eigenvalue weighted by Gasteiger charge is -2.17. The lowest BCUT2D eigenvalue weighted by Crippen LogP contribution is -2.34. The van der Waals surface area contributed by atoms with Crippen molar-refractivity contribution >= 4 is 42.1 Å². The summed E-state index contributed by atoms with van der Waals surface area (Å²) in [7, 11) is 0.483. The van der Waals surface area contributed by atoms with Crippen LogP contribution in [-0.4, -0.2) is 63.5 Å². The predicted octanol–water partition coefficient (Wildman–Crippen LogP) is 7.62. The maximum atomic E-state index is 15.6. The second-order valence-electron chi connectivity index (χ2n) is 14.3. The minimum atomic E-state index is -1.33. The Labute approximate surface area is 314 Å². The number of aliphatic hydroxyl groups is 1. The number of thiocarbonyl (C=S) groups is 1. The highest BCUT2D eigenvalue weighted by Gasteiger charge is 2.22. The number of pyridine rings is 1. The Bertz CT molecular complexity index is 2090. The number of ether oxygens (including phenoxy) is 3. The molecule has 5 aromatic rings. The number of aliphatic hydroxyl groups excluding tert-OH is 1. The summed E-state index contributed by atoms with van der Waals surface area (Å²) in [5.41, 5.74) is 3.15. The third-order valence-electron chi connectivity index (χ3n) is 8.28. The van der Waals surface area contributed by atoms with Crippen molar-refractivity contribution in [3.63, 3.8) is 0 Å². The number of aromatic nitrogens is 4. The summed E-state index contributed by atoms with van der Waals surface area (Å²) in [5, 5.41) is 30.4. The molecule has 0 spiro atoms. The molecule has 3 N–H and O–H groups in total. The van der Waals surface area contributed by atoms with E-state index in [0.717, 1.165) is 23.7 Å². The van der Waals surface area contributed by atoms with Gasteiger partial charge in [-0.1, -0.05) is 25.7 Å². The number of aryl methyl sites for hydroxylation is 1. The number of fused-ring (bicyclic) bond motifs is 1. The average Bonchev–Trinajstić information content (AvgIpc) is 3.69. The smallest absolute Gasteiger partial charge is 0.198 e. The molecular weight excluding hydrogens is 717 g/mol. The van der Waals surface area contributed by atoms with Gasteiger partial charge >= 0.3 is 0 Å². The van der Waals surface area contributed by atoms with E-state index in [1.807, 2.05) is 43.9 Å². The lowest BCUT2D eigenvalue weighted by atomic mass is 10.0. The molecule has 0 bridgehead atoms. The van der Waals surface area contributed by atoms with Crippen molar-refractivity contribution < 1.29 is 28.1 Å². The Hall–Kier alpha value is -4.88. The predicted molar refractivity (Wildman–Crippen MR) is 208 cm³/mol. The molecule has 0 fully saturated rings. The molecule has 5 rings (SSSR count). The van der Waals surface area contributed by atoms with Crippen LogP contribution in [0.2, 0.25) is 25.7 Å². The van der Waals surface area contributed by atoms with Gasteiger partial charge in [0.15, 0.2) is 22.5 Å². The Morgan fingerprint density at radius 2 is 1.85 bits per heavy atom. The zero-order valence-corrected chi connectivity index (χ0v) is 32.6. The van der Waals surface area contributed by atoms with Gasteiger partial charge in [-0.05, 0) is 67.9 Å². The van der Waals surface area contributed by atoms with Gasteiger partial charge in [-0.25, -0.2) is 13.8 Å². The molecule has 0 saturated carbocycles. The fourth-order valence-electron chi connectivity index (χ4n) is 5.64. The number of nitriles is 1. The Morgan fingerprint density at radius 3 is 2.49 bits per heavy atom. The van der Waals surface area contributed by atoms with Crippen LogP contribution < -0.4 is 20.1 Å². The number of hydrogen-bond donors (Lipinski definition) is 3. The molecule has 1 atom stereocenters. The average molecular weight is 762 g/mol. The Kier molecular flexibility index (Phi) is 12.8. The first-order valence-corrected chi connectivity index (χ1v) is 21.4. The number of rotatable bonds is 16. The minimum absolute atomic E-state index is 0.0765. The Morgan fingerprint density at radius 1 is 1.09 bits per heavy atom. The fourth-order valence-corrected chi connectivity index (χ4v) is 6.59. The van der Waals surface area contributed by atoms with Gasteiger partial charge in [0.2, 0.25) is 0 Å². The maximum Gasteiger partial charge on any atom is 0.198 e. The van der Waals surface area contributed by atoms with Gasteiger partial charge in [-0.3, -0.25) is 4.68 Å². The van der Waals surface area contributed by atoms with Crippen LogP contribution in [0.15, 0.2) is 61.2 Å². The first-order valence-electron chi connectivity index (χ1n) is 17.3. The number of nitrogens with one attached hydrogen (secondary N) is 2. The fraction of sp³-hybridized carbons (Fsp3) is 0.368. The van der Waals surface area contributed by atoms with Crippen LogP contribution in [0.4, 0.5) is 14.5 Å². The van der Waals surface area contributed by atoms with Crippen LogP contribution in [0, 0.1) is 28.9 Å². The van der Waals surface area contributed by atoms with Crippen molar-refractivity contribution in [2.75, 3.05) is 25.1 Å². The SMILES string of the molecule is CC(C)Oc1ccc(-c2cn(COCC[Si](C)(C)C)c3nccc(Oc4c(F)cc(NC(=S)NC[C@H](CO)Cc5cnn(C)c5)cc4F)c23)cc1C#N. The summed E-state index contributed by atoms with van der Waals surface area (Å²) < 4.78 is 52.7. The van der Waals surface area contributed by atoms with E-state index in [9.17, 15) is 10.4 Å². The van der Waals surface area contributed by atoms with E-state index in [2.05, 4.69) is 46.4 Å². The van der Waals surface area contributed by atoms with Crippen LogP contribution in [0.3, 0.4) is 0 Å². The minimum Gasteiger partial charge on any atom is -0.490 e. The first kappa shape index (κ1) is 39.3. The molecule has 0 aliphatic heterocycles. The molecule has 280 valence electrons. The standard InChI is InChI=1S/C38H45F2N7O4SSi/c1-24(2)50-33-8-7-27(14-28(33)17-41)30-21-47(23-49-11-12-53(4,5)6)37-35(30)34(9-10-42-37)51-36-31(39)15-29(16-32(36)40)45-38(52)43-18-26(22-48)13-25-19-44-46(3)20-25/h7-10,14-16,19-21,24,26,48H,11-13,18,22-23H2,1-6H3,(H2,43,45,52)/t26-/m1/s1. The monoisotopic (exact) mass is 761 g/mol. The molecular formula is C38H45F2N7O4SSi. The van der Waals surface area contributed by atoms with E-state index in [1.54, 1.807) is 23.0 Å². The summed E-state index contributed by atoms with van der Waals surface area (Å²) in [6.07, 6.45) is 7.39. The van der Waals surface area contributed by atoms with Crippen LogP contribution in [-0.2, 0) is 24.9 Å². The number of benzene rings is 2. The third kappa shape index (κ3) is 10.4. The highest BCUT2D eigenvalue weighted by atomic mass is 32.1. The Balaban J connectivity index is 1.40. The molecule has 3 aromatic heterocycles. The van der Waals surface area contributed by atoms with Crippen LogP contribution in [0.5, 0.6) is 17.2 Å². The summed E-state index contributed by atoms with van der Waals surface area (Å²) in [4.78, 5) is 4.59. The van der Waals surface area contributed by atoms with Crippen molar-refractivity contribution in [2.24, 2.45) is 13.0 Å².